The van der Waals surface area contributed by atoms with Gasteiger partial charge in [0.1, 0.15) is 17.1 Å². The zero-order valence-electron chi connectivity index (χ0n) is 14.1. The van der Waals surface area contributed by atoms with Gasteiger partial charge in [-0.1, -0.05) is 6.07 Å². The van der Waals surface area contributed by atoms with Gasteiger partial charge in [-0.3, -0.25) is 4.72 Å². The van der Waals surface area contributed by atoms with Crippen molar-refractivity contribution in [2.75, 3.05) is 16.2 Å². The molecule has 3 rings (SSSR count). The van der Waals surface area contributed by atoms with Crippen molar-refractivity contribution in [3.63, 3.8) is 0 Å². The number of anilines is 3. The van der Waals surface area contributed by atoms with Crippen molar-refractivity contribution in [1.82, 2.24) is 4.98 Å². The first-order valence-electron chi connectivity index (χ1n) is 7.63. The Hall–Kier alpha value is -3.59. The van der Waals surface area contributed by atoms with Gasteiger partial charge in [-0.05, 0) is 54.6 Å². The molecule has 0 radical (unpaired) electrons. The number of aromatic hydroxyl groups is 1. The number of aromatic carboxylic acids is 1. The Kier molecular flexibility index (Phi) is 6.73. The van der Waals surface area contributed by atoms with Crippen molar-refractivity contribution in [1.29, 1.82) is 0 Å². The summed E-state index contributed by atoms with van der Waals surface area (Å²) < 4.78 is 14.6. The summed E-state index contributed by atoms with van der Waals surface area (Å²) in [4.78, 5) is 15.1. The number of nitrogens with two attached hydrogens (primary N) is 2. The summed E-state index contributed by atoms with van der Waals surface area (Å²) in [5.74, 6) is -0.876. The highest BCUT2D eigenvalue weighted by atomic mass is 32.2. The Labute approximate surface area is 158 Å². The largest absolute Gasteiger partial charge is 0.507 e. The Bertz CT molecular complexity index is 934. The van der Waals surface area contributed by atoms with Crippen molar-refractivity contribution in [3.8, 4) is 5.75 Å². The molecule has 1 unspecified atom stereocenters. The Balaban J connectivity index is 0.000000208. The molecule has 2 aromatic carbocycles. The number of benzene rings is 2. The molecular formula is C18H18N4O4S. The molecule has 7 N–H and O–H groups in total. The zero-order chi connectivity index (χ0) is 19.8. The minimum Gasteiger partial charge on any atom is -0.507 e. The van der Waals surface area contributed by atoms with Crippen LogP contribution in [0, 0.1) is 0 Å². The average molecular weight is 386 g/mol. The molecule has 0 bridgehead atoms. The maximum Gasteiger partial charge on any atom is 0.339 e. The molecule has 3 aromatic rings. The molecule has 0 saturated heterocycles. The van der Waals surface area contributed by atoms with Gasteiger partial charge in [-0.2, -0.15) is 0 Å². The van der Waals surface area contributed by atoms with E-state index in [1.165, 1.54) is 18.2 Å². The molecule has 140 valence electrons. The summed E-state index contributed by atoms with van der Waals surface area (Å²) in [6, 6.07) is 16.2. The van der Waals surface area contributed by atoms with E-state index in [2.05, 4.69) is 9.71 Å². The van der Waals surface area contributed by atoms with Gasteiger partial charge in [-0.25, -0.2) is 14.0 Å². The molecule has 0 fully saturated rings. The van der Waals surface area contributed by atoms with Crippen molar-refractivity contribution in [2.24, 2.45) is 0 Å². The molecule has 1 heterocycles. The molecule has 0 amide bonds. The van der Waals surface area contributed by atoms with Crippen molar-refractivity contribution < 1.29 is 19.2 Å². The Morgan fingerprint density at radius 1 is 1.00 bits per heavy atom. The van der Waals surface area contributed by atoms with Gasteiger partial charge in [-0.15, -0.1) is 0 Å². The highest BCUT2D eigenvalue weighted by molar-refractivity contribution is 7.86. The number of carboxylic acid groups (broad SMARTS) is 1. The quantitative estimate of drug-likeness (QED) is 0.341. The third-order valence-electron chi connectivity index (χ3n) is 3.21. The maximum absolute atomic E-state index is 11.8. The first kappa shape index (κ1) is 19.7. The average Bonchev–Trinajstić information content (AvgIpc) is 2.65. The van der Waals surface area contributed by atoms with E-state index in [4.69, 9.17) is 21.7 Å². The lowest BCUT2D eigenvalue weighted by atomic mass is 10.2. The van der Waals surface area contributed by atoms with Crippen molar-refractivity contribution >= 4 is 34.1 Å². The summed E-state index contributed by atoms with van der Waals surface area (Å²) in [5.41, 5.74) is 11.6. The van der Waals surface area contributed by atoms with Crippen molar-refractivity contribution in [3.05, 3.63) is 72.4 Å². The maximum atomic E-state index is 11.8. The van der Waals surface area contributed by atoms with E-state index in [-0.39, 0.29) is 11.3 Å². The number of nitrogen functional groups attached to an aromatic ring is 2. The number of aromatic nitrogens is 1. The van der Waals surface area contributed by atoms with Gasteiger partial charge in [0.25, 0.3) is 0 Å². The van der Waals surface area contributed by atoms with Gasteiger partial charge in [0.15, 0.2) is 11.0 Å². The predicted octanol–water partition coefficient (Wildman–Crippen LogP) is 2.47. The highest BCUT2D eigenvalue weighted by Crippen LogP contribution is 2.19. The first-order valence-corrected chi connectivity index (χ1v) is 8.78. The predicted molar refractivity (Wildman–Crippen MR) is 105 cm³/mol. The number of nitrogens with zero attached hydrogens (tertiary/aromatic N) is 1. The van der Waals surface area contributed by atoms with Crippen LogP contribution in [0.3, 0.4) is 0 Å². The van der Waals surface area contributed by atoms with E-state index < -0.39 is 17.0 Å². The normalized spacial score (nSPS) is 11.0. The smallest absolute Gasteiger partial charge is 0.339 e. The second-order valence-corrected chi connectivity index (χ2v) is 6.45. The Morgan fingerprint density at radius 3 is 2.22 bits per heavy atom. The van der Waals surface area contributed by atoms with Crippen LogP contribution >= 0.6 is 0 Å². The number of nitrogens with one attached hydrogen (secondary N) is 1. The topological polar surface area (TPSA) is 152 Å². The molecule has 0 aliphatic rings. The van der Waals surface area contributed by atoms with Crippen LogP contribution in [0.15, 0.2) is 71.8 Å². The molecule has 0 spiro atoms. The monoisotopic (exact) mass is 386 g/mol. The number of hydrogen-bond acceptors (Lipinski definition) is 6. The fraction of sp³-hybridized carbons (Fsp3) is 0. The summed E-state index contributed by atoms with van der Waals surface area (Å²) in [7, 11) is -1.31. The van der Waals surface area contributed by atoms with Crippen LogP contribution in [0.2, 0.25) is 0 Å². The minimum atomic E-state index is -1.31. The van der Waals surface area contributed by atoms with Crippen LogP contribution in [0.4, 0.5) is 17.2 Å². The highest BCUT2D eigenvalue weighted by Gasteiger charge is 2.08. The summed E-state index contributed by atoms with van der Waals surface area (Å²) >= 11 is 0. The first-order chi connectivity index (χ1) is 12.9. The minimum absolute atomic E-state index is 0.176. The van der Waals surface area contributed by atoms with Gasteiger partial charge >= 0.3 is 5.97 Å². The fourth-order valence-electron chi connectivity index (χ4n) is 1.89. The van der Waals surface area contributed by atoms with Crippen LogP contribution < -0.4 is 16.2 Å². The Morgan fingerprint density at radius 2 is 1.67 bits per heavy atom. The van der Waals surface area contributed by atoms with Gasteiger partial charge in [0.2, 0.25) is 0 Å². The van der Waals surface area contributed by atoms with E-state index in [1.54, 1.807) is 42.6 Å². The van der Waals surface area contributed by atoms with Crippen LogP contribution in [0.5, 0.6) is 5.75 Å². The number of phenols is 1. The van der Waals surface area contributed by atoms with E-state index >= 15 is 0 Å². The fourth-order valence-corrected chi connectivity index (χ4v) is 2.71. The molecule has 0 saturated carbocycles. The summed E-state index contributed by atoms with van der Waals surface area (Å²) in [5, 5.41) is 17.4. The molecular weight excluding hydrogens is 368 g/mol. The number of carbonyl (C=O) groups is 1. The van der Waals surface area contributed by atoms with E-state index in [0.29, 0.717) is 22.1 Å². The molecule has 0 aliphatic carbocycles. The number of rotatable bonds is 4. The third-order valence-corrected chi connectivity index (χ3v) is 4.30. The number of carboxylic acids is 1. The van der Waals surface area contributed by atoms with Crippen LogP contribution in [-0.4, -0.2) is 25.4 Å². The van der Waals surface area contributed by atoms with Crippen LogP contribution in [0.1, 0.15) is 10.4 Å². The lowest BCUT2D eigenvalue weighted by Gasteiger charge is -2.04. The van der Waals surface area contributed by atoms with E-state index in [9.17, 15) is 9.00 Å². The van der Waals surface area contributed by atoms with Crippen LogP contribution in [-0.2, 0) is 11.0 Å². The second-order valence-electron chi connectivity index (χ2n) is 5.24. The number of pyridine rings is 1. The lowest BCUT2D eigenvalue weighted by molar-refractivity contribution is 0.0694. The van der Waals surface area contributed by atoms with Gasteiger partial charge in [0, 0.05) is 17.6 Å². The van der Waals surface area contributed by atoms with Gasteiger partial charge in [0.05, 0.1) is 4.90 Å². The lowest BCUT2D eigenvalue weighted by Crippen LogP contribution is -2.05. The summed E-state index contributed by atoms with van der Waals surface area (Å²) in [6.45, 7) is 0. The van der Waals surface area contributed by atoms with E-state index in [1.807, 2.05) is 6.07 Å². The van der Waals surface area contributed by atoms with Crippen LogP contribution in [0.25, 0.3) is 0 Å². The molecule has 9 heteroatoms. The van der Waals surface area contributed by atoms with E-state index in [0.717, 1.165) is 0 Å². The molecule has 1 atom stereocenters. The molecule has 27 heavy (non-hydrogen) atoms. The number of hydrogen-bond donors (Lipinski definition) is 5. The SMILES string of the molecule is Nc1ccc(O)c(C(=O)O)c1.Nc1ccc(S(=O)Nc2ccccn2)cc1. The zero-order valence-corrected chi connectivity index (χ0v) is 14.9. The van der Waals surface area contributed by atoms with Crippen molar-refractivity contribution in [2.45, 2.75) is 4.90 Å². The summed E-state index contributed by atoms with van der Waals surface area (Å²) in [6.07, 6.45) is 1.64. The molecule has 8 nitrogen and oxygen atoms in total. The molecule has 0 aliphatic heterocycles. The standard InChI is InChI=1S/C11H11N3OS.C7H7NO3/c12-9-4-6-10(7-5-9)16(15)14-11-3-1-2-8-13-11;8-4-1-2-6(9)5(3-4)7(10)11/h1-8H,12H2,(H,13,14);1-3,9H,8H2,(H,10,11). The second kappa shape index (κ2) is 9.20. The molecule has 1 aromatic heterocycles. The third kappa shape index (κ3) is 6.01. The van der Waals surface area contributed by atoms with Gasteiger partial charge < -0.3 is 21.7 Å².